The molecular formula is C17H19FN2O4S. The molecule has 0 spiro atoms. The molecule has 2 rings (SSSR count). The number of carbonyl (C=O) groups excluding carboxylic acids is 2. The number of aromatic nitrogens is 1. The van der Waals surface area contributed by atoms with E-state index in [0.29, 0.717) is 11.3 Å². The van der Waals surface area contributed by atoms with E-state index in [4.69, 9.17) is 9.57 Å². The second-order valence-corrected chi connectivity index (χ2v) is 6.95. The molecular weight excluding hydrogens is 347 g/mol. The molecule has 6 nitrogen and oxygen atoms in total. The van der Waals surface area contributed by atoms with Gasteiger partial charge in [0.2, 0.25) is 5.13 Å². The predicted molar refractivity (Wildman–Crippen MR) is 92.6 cm³/mol. The number of halogens is 1. The molecule has 25 heavy (non-hydrogen) atoms. The molecule has 1 aromatic heterocycles. The van der Waals surface area contributed by atoms with Gasteiger partial charge in [-0.2, -0.15) is 0 Å². The monoisotopic (exact) mass is 366 g/mol. The van der Waals surface area contributed by atoms with Crippen LogP contribution in [0.2, 0.25) is 0 Å². The van der Waals surface area contributed by atoms with Crippen molar-refractivity contribution in [2.45, 2.75) is 39.7 Å². The minimum absolute atomic E-state index is 0.0928. The fourth-order valence-corrected chi connectivity index (χ4v) is 2.50. The van der Waals surface area contributed by atoms with Gasteiger partial charge in [-0.25, -0.2) is 19.0 Å². The first-order valence-electron chi connectivity index (χ1n) is 7.65. The van der Waals surface area contributed by atoms with Gasteiger partial charge in [0.1, 0.15) is 11.4 Å². The summed E-state index contributed by atoms with van der Waals surface area (Å²) in [5.74, 6) is -0.948. The second kappa shape index (κ2) is 7.60. The summed E-state index contributed by atoms with van der Waals surface area (Å²) in [6.07, 6.45) is -0.746. The molecule has 1 aromatic carbocycles. The molecule has 0 aliphatic rings. The van der Waals surface area contributed by atoms with Gasteiger partial charge >= 0.3 is 12.1 Å². The van der Waals surface area contributed by atoms with Crippen molar-refractivity contribution < 1.29 is 23.6 Å². The van der Waals surface area contributed by atoms with Crippen molar-refractivity contribution in [3.63, 3.8) is 0 Å². The van der Waals surface area contributed by atoms with Gasteiger partial charge in [0.25, 0.3) is 0 Å². The topological polar surface area (TPSA) is 68.7 Å². The number of rotatable bonds is 3. The molecule has 2 aromatic rings. The van der Waals surface area contributed by atoms with Crippen LogP contribution >= 0.6 is 11.3 Å². The number of carbonyl (C=O) groups is 2. The van der Waals surface area contributed by atoms with Gasteiger partial charge in [-0.1, -0.05) is 12.0 Å². The van der Waals surface area contributed by atoms with Crippen LogP contribution in [-0.4, -0.2) is 22.6 Å². The van der Waals surface area contributed by atoms with Crippen molar-refractivity contribution in [2.75, 3.05) is 5.06 Å². The predicted octanol–water partition coefficient (Wildman–Crippen LogP) is 4.56. The minimum atomic E-state index is -0.839. The summed E-state index contributed by atoms with van der Waals surface area (Å²) in [5.41, 5.74) is 0.446. The maximum Gasteiger partial charge on any atom is 0.451 e. The number of hydroxylamine groups is 1. The highest BCUT2D eigenvalue weighted by Crippen LogP contribution is 2.29. The summed E-state index contributed by atoms with van der Waals surface area (Å²) in [5, 5.41) is 2.57. The van der Waals surface area contributed by atoms with Crippen molar-refractivity contribution >= 4 is 28.5 Å². The van der Waals surface area contributed by atoms with Gasteiger partial charge < -0.3 is 9.57 Å². The molecule has 0 fully saturated rings. The average Bonchev–Trinajstić information content (AvgIpc) is 3.00. The van der Waals surface area contributed by atoms with Gasteiger partial charge in [-0.3, -0.25) is 0 Å². The van der Waals surface area contributed by atoms with E-state index < -0.39 is 17.7 Å². The second-order valence-electron chi connectivity index (χ2n) is 6.11. The Morgan fingerprint density at radius 3 is 2.44 bits per heavy atom. The first-order valence-corrected chi connectivity index (χ1v) is 8.53. The van der Waals surface area contributed by atoms with E-state index in [1.807, 2.05) is 0 Å². The SMILES string of the molecule is CCC(=O)ON(C(=O)OC(C)(C)C)c1nc(-c2ccc(F)cc2)cs1. The number of ether oxygens (including phenoxy) is 1. The van der Waals surface area contributed by atoms with Crippen LogP contribution in [-0.2, 0) is 14.4 Å². The zero-order valence-electron chi connectivity index (χ0n) is 14.4. The third-order valence-corrected chi connectivity index (χ3v) is 3.66. The van der Waals surface area contributed by atoms with Crippen molar-refractivity contribution in [3.8, 4) is 11.3 Å². The van der Waals surface area contributed by atoms with E-state index in [9.17, 15) is 14.0 Å². The largest absolute Gasteiger partial charge is 0.451 e. The number of benzene rings is 1. The highest BCUT2D eigenvalue weighted by molar-refractivity contribution is 7.14. The average molecular weight is 366 g/mol. The quantitative estimate of drug-likeness (QED) is 0.745. The zero-order chi connectivity index (χ0) is 18.6. The smallest absolute Gasteiger partial charge is 0.441 e. The Balaban J connectivity index is 2.29. The lowest BCUT2D eigenvalue weighted by molar-refractivity contribution is -0.144. The summed E-state index contributed by atoms with van der Waals surface area (Å²) >= 11 is 1.11. The molecule has 0 N–H and O–H groups in total. The molecule has 0 radical (unpaired) electrons. The van der Waals surface area contributed by atoms with Crippen LogP contribution in [0.3, 0.4) is 0 Å². The molecule has 0 saturated heterocycles. The number of thiazole rings is 1. The Hall–Kier alpha value is -2.48. The maximum absolute atomic E-state index is 13.0. The maximum atomic E-state index is 13.0. The normalized spacial score (nSPS) is 11.1. The van der Waals surface area contributed by atoms with Crippen molar-refractivity contribution in [1.82, 2.24) is 4.98 Å². The Labute approximate surface area is 149 Å². The highest BCUT2D eigenvalue weighted by atomic mass is 32.1. The lowest BCUT2D eigenvalue weighted by Gasteiger charge is -2.24. The lowest BCUT2D eigenvalue weighted by atomic mass is 10.2. The summed E-state index contributed by atoms with van der Waals surface area (Å²) < 4.78 is 18.3. The van der Waals surface area contributed by atoms with Crippen LogP contribution in [0.25, 0.3) is 11.3 Å². The van der Waals surface area contributed by atoms with Crippen LogP contribution in [0.4, 0.5) is 14.3 Å². The molecule has 0 aliphatic heterocycles. The van der Waals surface area contributed by atoms with Gasteiger partial charge in [0.05, 0.1) is 5.69 Å². The highest BCUT2D eigenvalue weighted by Gasteiger charge is 2.29. The Kier molecular flexibility index (Phi) is 5.73. The zero-order valence-corrected chi connectivity index (χ0v) is 15.2. The minimum Gasteiger partial charge on any atom is -0.441 e. The van der Waals surface area contributed by atoms with E-state index in [1.54, 1.807) is 45.2 Å². The molecule has 0 unspecified atom stereocenters. The fourth-order valence-electron chi connectivity index (χ4n) is 1.73. The van der Waals surface area contributed by atoms with E-state index >= 15 is 0 Å². The number of amides is 1. The van der Waals surface area contributed by atoms with Crippen LogP contribution < -0.4 is 5.06 Å². The standard InChI is InChI=1S/C17H19FN2O4S/c1-5-14(21)24-20(16(22)23-17(2,3)4)15-19-13(10-25-15)11-6-8-12(18)9-7-11/h6-10H,5H2,1-4H3. The van der Waals surface area contributed by atoms with Crippen molar-refractivity contribution in [3.05, 3.63) is 35.5 Å². The Morgan fingerprint density at radius 2 is 1.88 bits per heavy atom. The van der Waals surface area contributed by atoms with Crippen LogP contribution in [0.15, 0.2) is 29.6 Å². The molecule has 0 atom stereocenters. The molecule has 0 saturated carbocycles. The summed E-state index contributed by atoms with van der Waals surface area (Å²) in [4.78, 5) is 33.4. The number of hydrogen-bond donors (Lipinski definition) is 0. The fraction of sp³-hybridized carbons (Fsp3) is 0.353. The lowest BCUT2D eigenvalue weighted by Crippen LogP contribution is -2.38. The first kappa shape index (κ1) is 18.9. The van der Waals surface area contributed by atoms with E-state index in [2.05, 4.69) is 4.98 Å². The third-order valence-electron chi connectivity index (χ3n) is 2.85. The molecule has 8 heteroatoms. The molecule has 0 bridgehead atoms. The van der Waals surface area contributed by atoms with Crippen molar-refractivity contribution in [2.24, 2.45) is 0 Å². The van der Waals surface area contributed by atoms with E-state index in [-0.39, 0.29) is 17.4 Å². The third kappa shape index (κ3) is 5.25. The Morgan fingerprint density at radius 1 is 1.24 bits per heavy atom. The van der Waals surface area contributed by atoms with Crippen molar-refractivity contribution in [1.29, 1.82) is 0 Å². The van der Waals surface area contributed by atoms with E-state index in [0.717, 1.165) is 16.4 Å². The molecule has 0 aliphatic carbocycles. The first-order chi connectivity index (χ1) is 11.7. The summed E-state index contributed by atoms with van der Waals surface area (Å²) in [6.45, 7) is 6.73. The molecule has 1 amide bonds. The summed E-state index contributed by atoms with van der Waals surface area (Å²) in [7, 11) is 0. The summed E-state index contributed by atoms with van der Waals surface area (Å²) in [6, 6.07) is 5.78. The molecule has 1 heterocycles. The van der Waals surface area contributed by atoms with Gasteiger partial charge in [-0.05, 0) is 45.0 Å². The van der Waals surface area contributed by atoms with Gasteiger partial charge in [0.15, 0.2) is 0 Å². The molecule has 134 valence electrons. The van der Waals surface area contributed by atoms with Gasteiger partial charge in [-0.15, -0.1) is 11.3 Å². The number of nitrogens with zero attached hydrogens (tertiary/aromatic N) is 2. The van der Waals surface area contributed by atoms with Crippen LogP contribution in [0, 0.1) is 5.82 Å². The van der Waals surface area contributed by atoms with Gasteiger partial charge in [0, 0.05) is 17.4 Å². The van der Waals surface area contributed by atoms with Crippen LogP contribution in [0.5, 0.6) is 0 Å². The number of hydrogen-bond acceptors (Lipinski definition) is 6. The number of anilines is 1. The van der Waals surface area contributed by atoms with E-state index in [1.165, 1.54) is 12.1 Å². The Bertz CT molecular complexity index is 753. The van der Waals surface area contributed by atoms with Crippen LogP contribution in [0.1, 0.15) is 34.1 Å².